The third-order valence-electron chi connectivity index (χ3n) is 3.08. The van der Waals surface area contributed by atoms with E-state index in [-0.39, 0.29) is 0 Å². The summed E-state index contributed by atoms with van der Waals surface area (Å²) in [5, 5.41) is 10.6. The maximum Gasteiger partial charge on any atom is 0.167 e. The first-order chi connectivity index (χ1) is 9.18. The maximum atomic E-state index is 5.73. The predicted octanol–water partition coefficient (Wildman–Crippen LogP) is 2.36. The molecule has 2 N–H and O–H groups in total. The molecule has 0 atom stereocenters. The predicted molar refractivity (Wildman–Crippen MR) is 79.5 cm³/mol. The highest BCUT2D eigenvalue weighted by molar-refractivity contribution is 7.80. The number of thiocarbonyl (C=S) groups is 1. The molecule has 2 aromatic heterocycles. The summed E-state index contributed by atoms with van der Waals surface area (Å²) in [4.78, 5) is 0.344. The fourth-order valence-electron chi connectivity index (χ4n) is 2.17. The summed E-state index contributed by atoms with van der Waals surface area (Å²) in [6, 6.07) is 11.8. The number of rotatable bonds is 2. The highest BCUT2D eigenvalue weighted by Gasteiger charge is 2.11. The summed E-state index contributed by atoms with van der Waals surface area (Å²) < 4.78 is 1.87. The molecule has 4 nitrogen and oxygen atoms in total. The van der Waals surface area contributed by atoms with Gasteiger partial charge in [0.2, 0.25) is 0 Å². The molecular weight excluding hydrogens is 256 g/mol. The largest absolute Gasteiger partial charge is 0.388 e. The number of nitrogens with zero attached hydrogens (tertiary/aromatic N) is 3. The Balaban J connectivity index is 2.35. The van der Waals surface area contributed by atoms with Gasteiger partial charge in [0.1, 0.15) is 4.99 Å². The molecule has 0 saturated carbocycles. The first-order valence-electron chi connectivity index (χ1n) is 5.88. The Morgan fingerprint density at radius 3 is 2.58 bits per heavy atom. The second kappa shape index (κ2) is 4.44. The number of hydrogen-bond acceptors (Lipinski definition) is 3. The minimum atomic E-state index is 0.344. The Labute approximate surface area is 115 Å². The van der Waals surface area contributed by atoms with E-state index in [0.29, 0.717) is 4.99 Å². The van der Waals surface area contributed by atoms with Crippen molar-refractivity contribution in [1.29, 1.82) is 0 Å². The van der Waals surface area contributed by atoms with E-state index in [1.807, 2.05) is 54.1 Å². The summed E-state index contributed by atoms with van der Waals surface area (Å²) >= 11 is 5.06. The van der Waals surface area contributed by atoms with E-state index in [0.717, 1.165) is 28.0 Å². The van der Waals surface area contributed by atoms with Gasteiger partial charge in [-0.3, -0.25) is 4.57 Å². The van der Waals surface area contributed by atoms with Gasteiger partial charge in [-0.05, 0) is 19.1 Å². The number of hydrogen-bond donors (Lipinski definition) is 1. The standard InChI is InChI=1S/C14H12N4S/c1-9-10-5-2-3-6-11(10)14(17-16-9)18-8-4-7-12(18)13(15)19/h2-8H,1H3,(H2,15,19). The Kier molecular flexibility index (Phi) is 2.76. The topological polar surface area (TPSA) is 56.7 Å². The summed E-state index contributed by atoms with van der Waals surface area (Å²) in [6.07, 6.45) is 1.89. The van der Waals surface area contributed by atoms with Crippen molar-refractivity contribution in [3.8, 4) is 5.82 Å². The fourth-order valence-corrected chi connectivity index (χ4v) is 2.33. The molecule has 3 aromatic rings. The minimum Gasteiger partial charge on any atom is -0.388 e. The number of benzene rings is 1. The zero-order valence-electron chi connectivity index (χ0n) is 10.4. The van der Waals surface area contributed by atoms with Crippen LogP contribution in [0.25, 0.3) is 16.6 Å². The first-order valence-corrected chi connectivity index (χ1v) is 6.29. The van der Waals surface area contributed by atoms with E-state index < -0.39 is 0 Å². The summed E-state index contributed by atoms with van der Waals surface area (Å²) in [6.45, 7) is 1.95. The lowest BCUT2D eigenvalue weighted by Crippen LogP contribution is -2.15. The Bertz CT molecular complexity index is 776. The first kappa shape index (κ1) is 11.8. The van der Waals surface area contributed by atoms with E-state index in [9.17, 15) is 0 Å². The van der Waals surface area contributed by atoms with Gasteiger partial charge in [0, 0.05) is 17.0 Å². The molecule has 1 aromatic carbocycles. The van der Waals surface area contributed by atoms with Crippen molar-refractivity contribution in [2.45, 2.75) is 6.92 Å². The lowest BCUT2D eigenvalue weighted by Gasteiger charge is -2.10. The second-order valence-corrected chi connectivity index (χ2v) is 4.72. The maximum absolute atomic E-state index is 5.73. The van der Waals surface area contributed by atoms with Crippen molar-refractivity contribution in [3.63, 3.8) is 0 Å². The summed E-state index contributed by atoms with van der Waals surface area (Å²) in [7, 11) is 0. The highest BCUT2D eigenvalue weighted by atomic mass is 32.1. The molecule has 0 spiro atoms. The van der Waals surface area contributed by atoms with E-state index >= 15 is 0 Å². The van der Waals surface area contributed by atoms with Gasteiger partial charge >= 0.3 is 0 Å². The van der Waals surface area contributed by atoms with Crippen LogP contribution in [0.15, 0.2) is 42.6 Å². The molecule has 94 valence electrons. The molecule has 2 heterocycles. The summed E-state index contributed by atoms with van der Waals surface area (Å²) in [5.74, 6) is 0.744. The van der Waals surface area contributed by atoms with Crippen molar-refractivity contribution in [2.75, 3.05) is 0 Å². The zero-order valence-corrected chi connectivity index (χ0v) is 11.2. The monoisotopic (exact) mass is 268 g/mol. The molecule has 0 bridgehead atoms. The van der Waals surface area contributed by atoms with Crippen molar-refractivity contribution in [3.05, 3.63) is 54.0 Å². The van der Waals surface area contributed by atoms with Gasteiger partial charge in [0.15, 0.2) is 5.82 Å². The molecule has 0 saturated heterocycles. The van der Waals surface area contributed by atoms with Crippen LogP contribution in [0.3, 0.4) is 0 Å². The fraction of sp³-hybridized carbons (Fsp3) is 0.0714. The van der Waals surface area contributed by atoms with Crippen LogP contribution in [0.4, 0.5) is 0 Å². The number of fused-ring (bicyclic) bond motifs is 1. The molecule has 0 fully saturated rings. The van der Waals surface area contributed by atoms with Gasteiger partial charge in [-0.25, -0.2) is 0 Å². The molecule has 0 radical (unpaired) electrons. The van der Waals surface area contributed by atoms with Crippen LogP contribution in [0.1, 0.15) is 11.4 Å². The molecule has 0 aliphatic rings. The van der Waals surface area contributed by atoms with Crippen LogP contribution in [0, 0.1) is 6.92 Å². The average molecular weight is 268 g/mol. The van der Waals surface area contributed by atoms with Crippen LogP contribution in [-0.4, -0.2) is 19.8 Å². The quantitative estimate of drug-likeness (QED) is 0.725. The van der Waals surface area contributed by atoms with Gasteiger partial charge in [-0.2, -0.15) is 5.10 Å². The van der Waals surface area contributed by atoms with Crippen molar-refractivity contribution < 1.29 is 0 Å². The number of nitrogens with two attached hydrogens (primary N) is 1. The highest BCUT2D eigenvalue weighted by Crippen LogP contribution is 2.22. The smallest absolute Gasteiger partial charge is 0.167 e. The molecule has 0 aliphatic carbocycles. The molecule has 0 unspecified atom stereocenters. The Hall–Kier alpha value is -2.27. The van der Waals surface area contributed by atoms with Gasteiger partial charge in [0.25, 0.3) is 0 Å². The molecule has 19 heavy (non-hydrogen) atoms. The summed E-state index contributed by atoms with van der Waals surface area (Å²) in [5.41, 5.74) is 7.40. The van der Waals surface area contributed by atoms with E-state index in [1.165, 1.54) is 0 Å². The van der Waals surface area contributed by atoms with Crippen molar-refractivity contribution >= 4 is 28.0 Å². The number of aromatic nitrogens is 3. The second-order valence-electron chi connectivity index (χ2n) is 4.28. The molecule has 3 rings (SSSR count). The lowest BCUT2D eigenvalue weighted by atomic mass is 10.1. The van der Waals surface area contributed by atoms with Gasteiger partial charge in [-0.1, -0.05) is 36.5 Å². The normalized spacial score (nSPS) is 10.8. The molecule has 0 amide bonds. The Morgan fingerprint density at radius 2 is 1.84 bits per heavy atom. The van der Waals surface area contributed by atoms with Crippen LogP contribution in [0.5, 0.6) is 0 Å². The van der Waals surface area contributed by atoms with Gasteiger partial charge in [-0.15, -0.1) is 5.10 Å². The Morgan fingerprint density at radius 1 is 1.11 bits per heavy atom. The third kappa shape index (κ3) is 1.88. The van der Waals surface area contributed by atoms with Gasteiger partial charge < -0.3 is 5.73 Å². The van der Waals surface area contributed by atoms with Crippen LogP contribution in [-0.2, 0) is 0 Å². The van der Waals surface area contributed by atoms with Crippen LogP contribution in [0.2, 0.25) is 0 Å². The van der Waals surface area contributed by atoms with E-state index in [4.69, 9.17) is 18.0 Å². The van der Waals surface area contributed by atoms with E-state index in [1.54, 1.807) is 0 Å². The van der Waals surface area contributed by atoms with Crippen molar-refractivity contribution in [2.24, 2.45) is 5.73 Å². The molecule has 5 heteroatoms. The minimum absolute atomic E-state index is 0.344. The lowest BCUT2D eigenvalue weighted by molar-refractivity contribution is 0.911. The number of aryl methyl sites for hydroxylation is 1. The third-order valence-corrected chi connectivity index (χ3v) is 3.29. The van der Waals surface area contributed by atoms with Crippen LogP contribution >= 0.6 is 12.2 Å². The average Bonchev–Trinajstić information content (AvgIpc) is 2.89. The zero-order chi connectivity index (χ0) is 13.4. The van der Waals surface area contributed by atoms with Crippen LogP contribution < -0.4 is 5.73 Å². The SMILES string of the molecule is Cc1nnc(-n2cccc2C(N)=S)c2ccccc12. The van der Waals surface area contributed by atoms with Crippen molar-refractivity contribution in [1.82, 2.24) is 14.8 Å². The molecular formula is C14H12N4S. The van der Waals surface area contributed by atoms with E-state index in [2.05, 4.69) is 10.2 Å². The molecule has 0 aliphatic heterocycles. The van der Waals surface area contributed by atoms with Gasteiger partial charge in [0.05, 0.1) is 11.4 Å².